The predicted molar refractivity (Wildman–Crippen MR) is 85.5 cm³/mol. The number of nitrogens with zero attached hydrogens (tertiary/aromatic N) is 2. The number of hydrogen-bond acceptors (Lipinski definition) is 6. The first-order valence-corrected chi connectivity index (χ1v) is 10.0. The standard InChI is InChI=1S/C15H18N2O3S2/c1-11-4-2-3-5-13(11)9-21-15-17-16-14(20-15)8-12-6-7-22(18,19)10-12/h2-5,12H,6-10H2,1H3. The smallest absolute Gasteiger partial charge is 0.276 e. The number of aromatic nitrogens is 2. The second-order valence-electron chi connectivity index (χ2n) is 5.65. The highest BCUT2D eigenvalue weighted by molar-refractivity contribution is 7.98. The second-order valence-corrected chi connectivity index (χ2v) is 8.81. The van der Waals surface area contributed by atoms with Crippen molar-refractivity contribution in [3.8, 4) is 0 Å². The lowest BCUT2D eigenvalue weighted by atomic mass is 10.1. The van der Waals surface area contributed by atoms with Gasteiger partial charge in [0.15, 0.2) is 9.84 Å². The van der Waals surface area contributed by atoms with Gasteiger partial charge in [0.1, 0.15) is 0 Å². The zero-order valence-electron chi connectivity index (χ0n) is 12.4. The van der Waals surface area contributed by atoms with Crippen LogP contribution in [0, 0.1) is 12.8 Å². The predicted octanol–water partition coefficient (Wildman–Crippen LogP) is 2.65. The van der Waals surface area contributed by atoms with Crippen molar-refractivity contribution in [2.24, 2.45) is 5.92 Å². The number of aryl methyl sites for hydroxylation is 1. The van der Waals surface area contributed by atoms with E-state index in [1.807, 2.05) is 12.1 Å². The Morgan fingerprint density at radius 3 is 2.86 bits per heavy atom. The molecule has 3 rings (SSSR count). The molecule has 1 fully saturated rings. The fraction of sp³-hybridized carbons (Fsp3) is 0.467. The Kier molecular flexibility index (Phi) is 4.54. The first-order chi connectivity index (χ1) is 10.5. The second kappa shape index (κ2) is 6.42. The molecule has 0 spiro atoms. The summed E-state index contributed by atoms with van der Waals surface area (Å²) in [6, 6.07) is 8.20. The quantitative estimate of drug-likeness (QED) is 0.780. The minimum atomic E-state index is -2.85. The van der Waals surface area contributed by atoms with E-state index >= 15 is 0 Å². The largest absolute Gasteiger partial charge is 0.416 e. The third-order valence-electron chi connectivity index (χ3n) is 3.85. The van der Waals surface area contributed by atoms with Gasteiger partial charge >= 0.3 is 0 Å². The molecule has 2 heterocycles. The Bertz CT molecular complexity index is 756. The van der Waals surface area contributed by atoms with Crippen molar-refractivity contribution < 1.29 is 12.8 Å². The van der Waals surface area contributed by atoms with Crippen molar-refractivity contribution in [3.05, 3.63) is 41.3 Å². The average molecular weight is 338 g/mol. The third kappa shape index (κ3) is 3.89. The van der Waals surface area contributed by atoms with Gasteiger partial charge in [-0.2, -0.15) is 0 Å². The fourth-order valence-corrected chi connectivity index (χ4v) is 5.29. The van der Waals surface area contributed by atoms with Crippen molar-refractivity contribution in [2.75, 3.05) is 11.5 Å². The zero-order valence-corrected chi connectivity index (χ0v) is 14.0. The molecule has 0 saturated carbocycles. The molecule has 0 aliphatic carbocycles. The molecule has 0 N–H and O–H groups in total. The van der Waals surface area contributed by atoms with E-state index in [0.717, 1.165) is 5.75 Å². The van der Waals surface area contributed by atoms with Crippen LogP contribution in [0.4, 0.5) is 0 Å². The van der Waals surface area contributed by atoms with E-state index in [1.165, 1.54) is 22.9 Å². The molecule has 0 radical (unpaired) electrons. The Morgan fingerprint density at radius 1 is 1.32 bits per heavy atom. The molecule has 1 saturated heterocycles. The van der Waals surface area contributed by atoms with E-state index in [4.69, 9.17) is 4.42 Å². The summed E-state index contributed by atoms with van der Waals surface area (Å²) in [4.78, 5) is 0. The number of sulfone groups is 1. The summed E-state index contributed by atoms with van der Waals surface area (Å²) < 4.78 is 28.5. The molecule has 0 amide bonds. The molecule has 1 aromatic heterocycles. The van der Waals surface area contributed by atoms with Gasteiger partial charge in [0.2, 0.25) is 5.89 Å². The highest BCUT2D eigenvalue weighted by Gasteiger charge is 2.29. The molecule has 0 bridgehead atoms. The van der Waals surface area contributed by atoms with Crippen LogP contribution in [0.1, 0.15) is 23.4 Å². The molecule has 1 aliphatic heterocycles. The SMILES string of the molecule is Cc1ccccc1CSc1nnc(CC2CCS(=O)(=O)C2)o1. The molecule has 22 heavy (non-hydrogen) atoms. The normalized spacial score (nSPS) is 20.3. The summed E-state index contributed by atoms with van der Waals surface area (Å²) in [6.07, 6.45) is 1.24. The molecule has 2 aromatic rings. The van der Waals surface area contributed by atoms with Crippen LogP contribution < -0.4 is 0 Å². The van der Waals surface area contributed by atoms with Crippen molar-refractivity contribution in [1.29, 1.82) is 0 Å². The number of benzene rings is 1. The molecule has 1 atom stereocenters. The van der Waals surface area contributed by atoms with Crippen molar-refractivity contribution in [2.45, 2.75) is 30.7 Å². The maximum absolute atomic E-state index is 11.5. The van der Waals surface area contributed by atoms with Gasteiger partial charge < -0.3 is 4.42 Å². The number of hydrogen-bond donors (Lipinski definition) is 0. The van der Waals surface area contributed by atoms with E-state index in [2.05, 4.69) is 29.3 Å². The van der Waals surface area contributed by atoms with Gasteiger partial charge in [-0.1, -0.05) is 36.0 Å². The maximum Gasteiger partial charge on any atom is 0.276 e. The van der Waals surface area contributed by atoms with Gasteiger partial charge in [-0.05, 0) is 30.4 Å². The van der Waals surface area contributed by atoms with Gasteiger partial charge in [0, 0.05) is 12.2 Å². The lowest BCUT2D eigenvalue weighted by Crippen LogP contribution is -2.07. The van der Waals surface area contributed by atoms with Crippen LogP contribution in [0.15, 0.2) is 33.9 Å². The number of thioether (sulfide) groups is 1. The van der Waals surface area contributed by atoms with Gasteiger partial charge in [-0.25, -0.2) is 8.42 Å². The van der Waals surface area contributed by atoms with Gasteiger partial charge in [0.25, 0.3) is 5.22 Å². The van der Waals surface area contributed by atoms with Gasteiger partial charge in [-0.15, -0.1) is 10.2 Å². The van der Waals surface area contributed by atoms with Crippen LogP contribution in [0.25, 0.3) is 0 Å². The Hall–Kier alpha value is -1.34. The Balaban J connectivity index is 1.57. The molecule has 118 valence electrons. The third-order valence-corrected chi connectivity index (χ3v) is 6.56. The average Bonchev–Trinajstić information content (AvgIpc) is 3.05. The first kappa shape index (κ1) is 15.6. The monoisotopic (exact) mass is 338 g/mol. The van der Waals surface area contributed by atoms with Crippen LogP contribution in [0.3, 0.4) is 0 Å². The Labute approximate surface area is 134 Å². The minimum absolute atomic E-state index is 0.111. The fourth-order valence-electron chi connectivity index (χ4n) is 2.57. The van der Waals surface area contributed by atoms with Crippen molar-refractivity contribution >= 4 is 21.6 Å². The summed E-state index contributed by atoms with van der Waals surface area (Å²) >= 11 is 1.51. The summed E-state index contributed by atoms with van der Waals surface area (Å²) in [6.45, 7) is 2.08. The molecule has 1 aliphatic rings. The minimum Gasteiger partial charge on any atom is -0.416 e. The molecular weight excluding hydrogens is 320 g/mol. The summed E-state index contributed by atoms with van der Waals surface area (Å²) in [5.74, 6) is 1.95. The van der Waals surface area contributed by atoms with E-state index < -0.39 is 9.84 Å². The molecular formula is C15H18N2O3S2. The lowest BCUT2D eigenvalue weighted by molar-refractivity contribution is 0.389. The van der Waals surface area contributed by atoms with Gasteiger partial charge in [0.05, 0.1) is 11.5 Å². The van der Waals surface area contributed by atoms with E-state index in [0.29, 0.717) is 24.0 Å². The van der Waals surface area contributed by atoms with Crippen molar-refractivity contribution in [3.63, 3.8) is 0 Å². The van der Waals surface area contributed by atoms with Crippen LogP contribution in [-0.4, -0.2) is 30.1 Å². The lowest BCUT2D eigenvalue weighted by Gasteiger charge is -2.03. The number of rotatable bonds is 5. The maximum atomic E-state index is 11.5. The van der Waals surface area contributed by atoms with Crippen LogP contribution in [0.2, 0.25) is 0 Å². The topological polar surface area (TPSA) is 73.1 Å². The van der Waals surface area contributed by atoms with E-state index in [9.17, 15) is 8.42 Å². The van der Waals surface area contributed by atoms with E-state index in [1.54, 1.807) is 0 Å². The van der Waals surface area contributed by atoms with Crippen LogP contribution >= 0.6 is 11.8 Å². The summed E-state index contributed by atoms with van der Waals surface area (Å²) in [7, 11) is -2.85. The Morgan fingerprint density at radius 2 is 2.14 bits per heavy atom. The van der Waals surface area contributed by atoms with Crippen molar-refractivity contribution in [1.82, 2.24) is 10.2 Å². The molecule has 1 unspecified atom stereocenters. The zero-order chi connectivity index (χ0) is 15.6. The highest BCUT2D eigenvalue weighted by Crippen LogP contribution is 2.26. The van der Waals surface area contributed by atoms with E-state index in [-0.39, 0.29) is 17.4 Å². The molecule has 7 heteroatoms. The van der Waals surface area contributed by atoms with Crippen LogP contribution in [-0.2, 0) is 22.0 Å². The highest BCUT2D eigenvalue weighted by atomic mass is 32.2. The van der Waals surface area contributed by atoms with Crippen LogP contribution in [0.5, 0.6) is 0 Å². The molecule has 5 nitrogen and oxygen atoms in total. The van der Waals surface area contributed by atoms with Gasteiger partial charge in [-0.3, -0.25) is 0 Å². The summed E-state index contributed by atoms with van der Waals surface area (Å²) in [5, 5.41) is 8.61. The molecule has 1 aromatic carbocycles. The first-order valence-electron chi connectivity index (χ1n) is 7.22. The summed E-state index contributed by atoms with van der Waals surface area (Å²) in [5.41, 5.74) is 2.49.